The molecule has 0 spiro atoms. The van der Waals surface area contributed by atoms with E-state index < -0.39 is 0 Å². The third kappa shape index (κ3) is 2.44. The third-order valence-electron chi connectivity index (χ3n) is 4.48. The van der Waals surface area contributed by atoms with Gasteiger partial charge >= 0.3 is 0 Å². The van der Waals surface area contributed by atoms with Crippen molar-refractivity contribution in [1.82, 2.24) is 10.2 Å². The van der Waals surface area contributed by atoms with Crippen LogP contribution in [0.2, 0.25) is 0 Å². The van der Waals surface area contributed by atoms with E-state index in [1.165, 1.54) is 0 Å². The summed E-state index contributed by atoms with van der Waals surface area (Å²) in [4.78, 5) is 14.3. The van der Waals surface area contributed by atoms with Gasteiger partial charge in [-0.05, 0) is 30.4 Å². The minimum atomic E-state index is -0.0184. The van der Waals surface area contributed by atoms with E-state index in [2.05, 4.69) is 24.1 Å². The largest absolute Gasteiger partial charge is 0.328 e. The van der Waals surface area contributed by atoms with Crippen molar-refractivity contribution in [1.29, 1.82) is 0 Å². The fourth-order valence-electron chi connectivity index (χ4n) is 3.50. The zero-order chi connectivity index (χ0) is 13.9. The van der Waals surface area contributed by atoms with Gasteiger partial charge in [0.15, 0.2) is 0 Å². The van der Waals surface area contributed by atoms with Crippen molar-refractivity contribution in [3.8, 4) is 11.8 Å². The second-order valence-electron chi connectivity index (χ2n) is 5.63. The molecular formula is C17H20N2O. The molecule has 2 heterocycles. The average molecular weight is 268 g/mol. The molecule has 0 aliphatic carbocycles. The molecule has 3 unspecified atom stereocenters. The number of carbonyl (C=O) groups excluding carboxylic acids is 1. The highest BCUT2D eigenvalue weighted by Gasteiger charge is 2.44. The standard InChI is InChI=1S/C17H20N2O/c1-2-16-15-11-18-10-14(15)12-19(16)17(20)9-8-13-6-4-3-5-7-13/h3-7,14-16,18H,2,10-12H2,1H3. The van der Waals surface area contributed by atoms with Crippen LogP contribution in [-0.4, -0.2) is 36.5 Å². The number of rotatable bonds is 1. The lowest BCUT2D eigenvalue weighted by Crippen LogP contribution is -2.38. The Hall–Kier alpha value is -1.79. The van der Waals surface area contributed by atoms with Crippen molar-refractivity contribution in [2.24, 2.45) is 11.8 Å². The monoisotopic (exact) mass is 268 g/mol. The Kier molecular flexibility index (Phi) is 3.75. The first-order valence-corrected chi connectivity index (χ1v) is 7.38. The molecule has 20 heavy (non-hydrogen) atoms. The van der Waals surface area contributed by atoms with E-state index in [9.17, 15) is 4.79 Å². The summed E-state index contributed by atoms with van der Waals surface area (Å²) in [6.07, 6.45) is 1.02. The molecule has 0 bridgehead atoms. The summed E-state index contributed by atoms with van der Waals surface area (Å²) in [5.41, 5.74) is 0.898. The fraction of sp³-hybridized carbons (Fsp3) is 0.471. The first-order valence-electron chi connectivity index (χ1n) is 7.38. The highest BCUT2D eigenvalue weighted by atomic mass is 16.2. The molecule has 2 aliphatic rings. The number of fused-ring (bicyclic) bond motifs is 1. The van der Waals surface area contributed by atoms with Gasteiger partial charge in [0, 0.05) is 37.2 Å². The Balaban J connectivity index is 1.73. The first kappa shape index (κ1) is 13.2. The van der Waals surface area contributed by atoms with Crippen molar-refractivity contribution in [2.45, 2.75) is 19.4 Å². The number of carbonyl (C=O) groups is 1. The minimum absolute atomic E-state index is 0.0184. The quantitative estimate of drug-likeness (QED) is 0.783. The Morgan fingerprint density at radius 2 is 2.15 bits per heavy atom. The molecule has 0 saturated carbocycles. The predicted octanol–water partition coefficient (Wildman–Crippen LogP) is 1.49. The van der Waals surface area contributed by atoms with Gasteiger partial charge in [-0.3, -0.25) is 4.79 Å². The molecule has 0 aromatic heterocycles. The second kappa shape index (κ2) is 5.68. The molecule has 0 radical (unpaired) electrons. The fourth-order valence-corrected chi connectivity index (χ4v) is 3.50. The Labute approximate surface area is 120 Å². The predicted molar refractivity (Wildman–Crippen MR) is 79.0 cm³/mol. The minimum Gasteiger partial charge on any atom is -0.328 e. The van der Waals surface area contributed by atoms with Gasteiger partial charge in [-0.25, -0.2) is 0 Å². The van der Waals surface area contributed by atoms with Crippen LogP contribution in [0, 0.1) is 23.7 Å². The smallest absolute Gasteiger partial charge is 0.299 e. The van der Waals surface area contributed by atoms with Gasteiger partial charge in [-0.1, -0.05) is 31.0 Å². The van der Waals surface area contributed by atoms with E-state index in [1.54, 1.807) is 0 Å². The van der Waals surface area contributed by atoms with Crippen LogP contribution in [0.3, 0.4) is 0 Å². The van der Waals surface area contributed by atoms with Crippen molar-refractivity contribution < 1.29 is 4.79 Å². The Morgan fingerprint density at radius 3 is 2.90 bits per heavy atom. The second-order valence-corrected chi connectivity index (χ2v) is 5.63. The number of hydrogen-bond acceptors (Lipinski definition) is 2. The maximum absolute atomic E-state index is 12.4. The molecule has 3 heteroatoms. The number of hydrogen-bond donors (Lipinski definition) is 1. The van der Waals surface area contributed by atoms with Crippen LogP contribution in [0.25, 0.3) is 0 Å². The summed E-state index contributed by atoms with van der Waals surface area (Å²) in [5, 5.41) is 3.43. The average Bonchev–Trinajstić information content (AvgIpc) is 3.06. The van der Waals surface area contributed by atoms with Crippen LogP contribution in [0.4, 0.5) is 0 Å². The van der Waals surface area contributed by atoms with E-state index in [-0.39, 0.29) is 5.91 Å². The summed E-state index contributed by atoms with van der Waals surface area (Å²) in [7, 11) is 0. The summed E-state index contributed by atoms with van der Waals surface area (Å²) in [5.74, 6) is 6.99. The Morgan fingerprint density at radius 1 is 1.35 bits per heavy atom. The maximum atomic E-state index is 12.4. The molecule has 2 fully saturated rings. The van der Waals surface area contributed by atoms with Gasteiger partial charge in [-0.15, -0.1) is 0 Å². The van der Waals surface area contributed by atoms with E-state index >= 15 is 0 Å². The number of amides is 1. The van der Waals surface area contributed by atoms with Crippen LogP contribution < -0.4 is 5.32 Å². The molecule has 104 valence electrons. The molecule has 2 aliphatic heterocycles. The highest BCUT2D eigenvalue weighted by Crippen LogP contribution is 2.34. The topological polar surface area (TPSA) is 32.3 Å². The molecule has 3 atom stereocenters. The Bertz CT molecular complexity index is 543. The van der Waals surface area contributed by atoms with Gasteiger partial charge in [-0.2, -0.15) is 0 Å². The lowest BCUT2D eigenvalue weighted by Gasteiger charge is -2.24. The SMILES string of the molecule is CCC1C2CNCC2CN1C(=O)C#Cc1ccccc1. The van der Waals surface area contributed by atoms with E-state index in [4.69, 9.17) is 0 Å². The van der Waals surface area contributed by atoms with Crippen molar-refractivity contribution in [3.05, 3.63) is 35.9 Å². The van der Waals surface area contributed by atoms with Gasteiger partial charge in [0.05, 0.1) is 0 Å². The molecular weight excluding hydrogens is 248 g/mol. The zero-order valence-electron chi connectivity index (χ0n) is 11.8. The van der Waals surface area contributed by atoms with Crippen LogP contribution in [0.1, 0.15) is 18.9 Å². The zero-order valence-corrected chi connectivity index (χ0v) is 11.8. The van der Waals surface area contributed by atoms with Gasteiger partial charge in [0.2, 0.25) is 0 Å². The molecule has 1 N–H and O–H groups in total. The first-order chi connectivity index (χ1) is 9.79. The van der Waals surface area contributed by atoms with Crippen LogP contribution >= 0.6 is 0 Å². The lowest BCUT2D eigenvalue weighted by atomic mass is 9.93. The molecule has 3 nitrogen and oxygen atoms in total. The van der Waals surface area contributed by atoms with Crippen molar-refractivity contribution >= 4 is 5.91 Å². The number of benzene rings is 1. The van der Waals surface area contributed by atoms with Crippen LogP contribution in [-0.2, 0) is 4.79 Å². The summed E-state index contributed by atoms with van der Waals surface area (Å²) >= 11 is 0. The molecule has 3 rings (SSSR count). The van der Waals surface area contributed by atoms with E-state index in [0.717, 1.165) is 31.6 Å². The lowest BCUT2D eigenvalue weighted by molar-refractivity contribution is -0.126. The highest BCUT2D eigenvalue weighted by molar-refractivity contribution is 5.94. The van der Waals surface area contributed by atoms with Crippen molar-refractivity contribution in [3.63, 3.8) is 0 Å². The summed E-state index contributed by atoms with van der Waals surface area (Å²) in [6.45, 7) is 5.10. The van der Waals surface area contributed by atoms with Crippen molar-refractivity contribution in [2.75, 3.05) is 19.6 Å². The van der Waals surface area contributed by atoms with E-state index in [1.807, 2.05) is 35.2 Å². The maximum Gasteiger partial charge on any atom is 0.299 e. The molecule has 1 aromatic rings. The number of likely N-dealkylation sites (tertiary alicyclic amines) is 1. The number of nitrogens with one attached hydrogen (secondary N) is 1. The number of nitrogens with zero attached hydrogens (tertiary/aromatic N) is 1. The molecule has 1 aromatic carbocycles. The van der Waals surface area contributed by atoms with Gasteiger partial charge in [0.25, 0.3) is 5.91 Å². The normalized spacial score (nSPS) is 27.9. The third-order valence-corrected chi connectivity index (χ3v) is 4.48. The van der Waals surface area contributed by atoms with Gasteiger partial charge < -0.3 is 10.2 Å². The molecule has 1 amide bonds. The van der Waals surface area contributed by atoms with Crippen LogP contribution in [0.15, 0.2) is 30.3 Å². The van der Waals surface area contributed by atoms with Crippen LogP contribution in [0.5, 0.6) is 0 Å². The molecule has 2 saturated heterocycles. The van der Waals surface area contributed by atoms with E-state index in [0.29, 0.717) is 17.9 Å². The summed E-state index contributed by atoms with van der Waals surface area (Å²) < 4.78 is 0. The van der Waals surface area contributed by atoms with Gasteiger partial charge in [0.1, 0.15) is 0 Å². The summed E-state index contributed by atoms with van der Waals surface area (Å²) in [6, 6.07) is 10.0.